The van der Waals surface area contributed by atoms with Crippen molar-refractivity contribution in [3.63, 3.8) is 0 Å². The van der Waals surface area contributed by atoms with Crippen molar-refractivity contribution in [3.05, 3.63) is 131 Å². The molecule has 4 aromatic rings. The van der Waals surface area contributed by atoms with Crippen molar-refractivity contribution in [1.82, 2.24) is 0 Å². The quantitative estimate of drug-likeness (QED) is 0.458. The van der Waals surface area contributed by atoms with Crippen LogP contribution in [0.5, 0.6) is 11.5 Å². The van der Waals surface area contributed by atoms with Gasteiger partial charge in [0.25, 0.3) is 0 Å². The summed E-state index contributed by atoms with van der Waals surface area (Å²) in [7, 11) is 0. The molecule has 6 rings (SSSR count). The standard InChI is InChI=1S/C26H18O2/c1-3-11-19(12-4-1)25-21-15-7-9-17-23(21)28-26(25,20-13-5-2-6-14-20)22-16-8-10-18-24(22)27-25/h1-18H. The number of ether oxygens (including phenoxy) is 2. The molecule has 0 aliphatic carbocycles. The van der Waals surface area contributed by atoms with Gasteiger partial charge in [-0.15, -0.1) is 0 Å². The van der Waals surface area contributed by atoms with E-state index in [4.69, 9.17) is 9.47 Å². The average molecular weight is 362 g/mol. The van der Waals surface area contributed by atoms with Gasteiger partial charge in [0.15, 0.2) is 0 Å². The van der Waals surface area contributed by atoms with Gasteiger partial charge >= 0.3 is 0 Å². The first-order chi connectivity index (χ1) is 13.9. The summed E-state index contributed by atoms with van der Waals surface area (Å²) >= 11 is 0. The highest BCUT2D eigenvalue weighted by Gasteiger charge is 2.69. The van der Waals surface area contributed by atoms with Crippen molar-refractivity contribution in [2.45, 2.75) is 11.2 Å². The van der Waals surface area contributed by atoms with E-state index in [0.717, 1.165) is 33.8 Å². The molecule has 2 aliphatic heterocycles. The van der Waals surface area contributed by atoms with Gasteiger partial charge in [0.1, 0.15) is 11.5 Å². The van der Waals surface area contributed by atoms with Gasteiger partial charge < -0.3 is 9.47 Å². The molecule has 0 aromatic heterocycles. The predicted octanol–water partition coefficient (Wildman–Crippen LogP) is 5.66. The lowest BCUT2D eigenvalue weighted by Crippen LogP contribution is -2.49. The van der Waals surface area contributed by atoms with Crippen molar-refractivity contribution in [1.29, 1.82) is 0 Å². The fourth-order valence-electron chi connectivity index (χ4n) is 4.84. The molecule has 0 saturated heterocycles. The van der Waals surface area contributed by atoms with Gasteiger partial charge in [-0.25, -0.2) is 0 Å². The Labute approximate surface area is 164 Å². The lowest BCUT2D eigenvalue weighted by atomic mass is 9.69. The second-order valence-corrected chi connectivity index (χ2v) is 7.29. The topological polar surface area (TPSA) is 18.5 Å². The third-order valence-electron chi connectivity index (χ3n) is 5.92. The molecule has 0 N–H and O–H groups in total. The van der Waals surface area contributed by atoms with E-state index >= 15 is 0 Å². The van der Waals surface area contributed by atoms with Crippen LogP contribution in [-0.4, -0.2) is 0 Å². The summed E-state index contributed by atoms with van der Waals surface area (Å²) in [5.41, 5.74) is 2.72. The Kier molecular flexibility index (Phi) is 3.05. The van der Waals surface area contributed by atoms with Crippen LogP contribution >= 0.6 is 0 Å². The van der Waals surface area contributed by atoms with Gasteiger partial charge in [0, 0.05) is 22.3 Å². The van der Waals surface area contributed by atoms with Crippen LogP contribution in [0.25, 0.3) is 0 Å². The van der Waals surface area contributed by atoms with Crippen LogP contribution in [-0.2, 0) is 11.2 Å². The van der Waals surface area contributed by atoms with Crippen molar-refractivity contribution < 1.29 is 9.47 Å². The maximum Gasteiger partial charge on any atom is 0.211 e. The summed E-state index contributed by atoms with van der Waals surface area (Å²) in [5.74, 6) is 1.73. The zero-order valence-corrected chi connectivity index (χ0v) is 15.2. The van der Waals surface area contributed by atoms with Crippen LogP contribution in [0.15, 0.2) is 109 Å². The van der Waals surface area contributed by atoms with E-state index in [2.05, 4.69) is 72.8 Å². The average Bonchev–Trinajstić information content (AvgIpc) is 3.23. The minimum atomic E-state index is -0.782. The minimum Gasteiger partial charge on any atom is -0.472 e. The Morgan fingerprint density at radius 2 is 0.750 bits per heavy atom. The molecule has 0 radical (unpaired) electrons. The van der Waals surface area contributed by atoms with Crippen molar-refractivity contribution in [2.24, 2.45) is 0 Å². The molecule has 0 spiro atoms. The summed E-state index contributed by atoms with van der Waals surface area (Å²) in [6.45, 7) is 0. The molecule has 2 unspecified atom stereocenters. The normalized spacial score (nSPS) is 23.9. The first-order valence-corrected chi connectivity index (χ1v) is 9.54. The molecule has 2 heterocycles. The minimum absolute atomic E-state index is 0.782. The fraction of sp³-hybridized carbons (Fsp3) is 0.0769. The molecule has 2 atom stereocenters. The fourth-order valence-corrected chi connectivity index (χ4v) is 4.84. The van der Waals surface area contributed by atoms with Crippen LogP contribution in [0.2, 0.25) is 0 Å². The number of para-hydroxylation sites is 2. The third-order valence-corrected chi connectivity index (χ3v) is 5.92. The second kappa shape index (κ2) is 5.49. The van der Waals surface area contributed by atoms with Crippen LogP contribution in [0.4, 0.5) is 0 Å². The monoisotopic (exact) mass is 362 g/mol. The molecule has 2 heteroatoms. The Morgan fingerprint density at radius 1 is 0.393 bits per heavy atom. The molecule has 4 aromatic carbocycles. The van der Waals surface area contributed by atoms with Crippen molar-refractivity contribution in [3.8, 4) is 11.5 Å². The number of fused-ring (bicyclic) bond motifs is 5. The van der Waals surface area contributed by atoms with Crippen LogP contribution < -0.4 is 9.47 Å². The van der Waals surface area contributed by atoms with Crippen molar-refractivity contribution in [2.75, 3.05) is 0 Å². The number of hydrogen-bond acceptors (Lipinski definition) is 2. The summed E-state index contributed by atoms with van der Waals surface area (Å²) in [4.78, 5) is 0. The van der Waals surface area contributed by atoms with Gasteiger partial charge in [-0.2, -0.15) is 0 Å². The first-order valence-electron chi connectivity index (χ1n) is 9.54. The lowest BCUT2D eigenvalue weighted by molar-refractivity contribution is -0.0144. The number of hydrogen-bond donors (Lipinski definition) is 0. The van der Waals surface area contributed by atoms with Crippen LogP contribution in [0.1, 0.15) is 22.3 Å². The number of rotatable bonds is 2. The molecule has 2 nitrogen and oxygen atoms in total. The Balaban J connectivity index is 1.78. The van der Waals surface area contributed by atoms with Crippen molar-refractivity contribution >= 4 is 0 Å². The molecule has 0 saturated carbocycles. The summed E-state index contributed by atoms with van der Waals surface area (Å²) in [6.07, 6.45) is 0. The smallest absolute Gasteiger partial charge is 0.211 e. The van der Waals surface area contributed by atoms with E-state index in [1.54, 1.807) is 0 Å². The summed E-state index contributed by atoms with van der Waals surface area (Å²) in [6, 6.07) is 37.3. The maximum absolute atomic E-state index is 6.86. The summed E-state index contributed by atoms with van der Waals surface area (Å²) < 4.78 is 13.7. The Bertz CT molecular complexity index is 1070. The van der Waals surface area contributed by atoms with Gasteiger partial charge in [0.2, 0.25) is 11.2 Å². The Hall–Kier alpha value is -3.52. The molecular formula is C26H18O2. The lowest BCUT2D eigenvalue weighted by Gasteiger charge is -2.38. The Morgan fingerprint density at radius 3 is 1.18 bits per heavy atom. The van der Waals surface area contributed by atoms with E-state index in [1.165, 1.54) is 0 Å². The maximum atomic E-state index is 6.86. The van der Waals surface area contributed by atoms with Gasteiger partial charge in [-0.1, -0.05) is 97.1 Å². The first kappa shape index (κ1) is 15.5. The molecule has 134 valence electrons. The van der Waals surface area contributed by atoms with E-state index < -0.39 is 11.2 Å². The SMILES string of the molecule is c1ccc(C23Oc4ccccc4C2(c2ccccc2)Oc2ccccc23)cc1. The van der Waals surface area contributed by atoms with Gasteiger partial charge in [0.05, 0.1) is 0 Å². The van der Waals surface area contributed by atoms with Gasteiger partial charge in [-0.05, 0) is 12.1 Å². The molecule has 0 fully saturated rings. The zero-order chi connectivity index (χ0) is 18.6. The molecule has 0 amide bonds. The van der Waals surface area contributed by atoms with Crippen LogP contribution in [0, 0.1) is 0 Å². The largest absolute Gasteiger partial charge is 0.472 e. The zero-order valence-electron chi connectivity index (χ0n) is 15.2. The van der Waals surface area contributed by atoms with E-state index in [1.807, 2.05) is 36.4 Å². The molecular weight excluding hydrogens is 344 g/mol. The highest BCUT2D eigenvalue weighted by molar-refractivity contribution is 5.66. The highest BCUT2D eigenvalue weighted by Crippen LogP contribution is 2.66. The molecule has 0 bridgehead atoms. The van der Waals surface area contributed by atoms with Crippen LogP contribution in [0.3, 0.4) is 0 Å². The highest BCUT2D eigenvalue weighted by atomic mass is 16.6. The van der Waals surface area contributed by atoms with E-state index in [-0.39, 0.29) is 0 Å². The van der Waals surface area contributed by atoms with E-state index in [9.17, 15) is 0 Å². The number of benzene rings is 4. The van der Waals surface area contributed by atoms with E-state index in [0.29, 0.717) is 0 Å². The predicted molar refractivity (Wildman–Crippen MR) is 109 cm³/mol. The van der Waals surface area contributed by atoms with Gasteiger partial charge in [-0.3, -0.25) is 0 Å². The molecule has 2 aliphatic rings. The second-order valence-electron chi connectivity index (χ2n) is 7.29. The summed E-state index contributed by atoms with van der Waals surface area (Å²) in [5, 5.41) is 0. The molecule has 28 heavy (non-hydrogen) atoms. The third kappa shape index (κ3) is 1.73.